The van der Waals surface area contributed by atoms with Gasteiger partial charge in [-0.05, 0) is 25.5 Å². The molecule has 0 N–H and O–H groups in total. The van der Waals surface area contributed by atoms with E-state index >= 15 is 0 Å². The number of hydrogen-bond acceptors (Lipinski definition) is 5. The lowest BCUT2D eigenvalue weighted by molar-refractivity contribution is -0.283. The topological polar surface area (TPSA) is 46.2 Å². The first-order valence-electron chi connectivity index (χ1n) is 8.99. The molecule has 1 aromatic carbocycles. The lowest BCUT2D eigenvalue weighted by atomic mass is 10.0. The first-order chi connectivity index (χ1) is 11.8. The molecule has 2 heterocycles. The van der Waals surface area contributed by atoms with Crippen LogP contribution in [0.5, 0.6) is 5.75 Å². The van der Waals surface area contributed by atoms with E-state index in [0.29, 0.717) is 25.7 Å². The van der Waals surface area contributed by atoms with Gasteiger partial charge in [0.25, 0.3) is 0 Å². The average molecular weight is 336 g/mol. The van der Waals surface area contributed by atoms with Gasteiger partial charge in [0.05, 0.1) is 39.0 Å². The van der Waals surface area contributed by atoms with Gasteiger partial charge in [0.1, 0.15) is 5.75 Å². The van der Waals surface area contributed by atoms with E-state index in [0.717, 1.165) is 30.9 Å². The number of rotatable bonds is 6. The van der Waals surface area contributed by atoms with E-state index in [-0.39, 0.29) is 18.5 Å². The van der Waals surface area contributed by atoms with Crippen LogP contribution in [-0.2, 0) is 18.9 Å². The van der Waals surface area contributed by atoms with Crippen LogP contribution in [0.2, 0.25) is 0 Å². The Morgan fingerprint density at radius 1 is 0.917 bits per heavy atom. The quantitative estimate of drug-likeness (QED) is 0.795. The molecule has 2 fully saturated rings. The molecule has 0 aliphatic carbocycles. The smallest absolute Gasteiger partial charge is 0.183 e. The van der Waals surface area contributed by atoms with Crippen molar-refractivity contribution in [3.05, 3.63) is 29.8 Å². The zero-order valence-electron chi connectivity index (χ0n) is 14.6. The Morgan fingerprint density at radius 3 is 2.17 bits per heavy atom. The van der Waals surface area contributed by atoms with Crippen LogP contribution in [0.25, 0.3) is 0 Å². The van der Waals surface area contributed by atoms with E-state index in [1.165, 1.54) is 6.42 Å². The Hall–Kier alpha value is -1.14. The summed E-state index contributed by atoms with van der Waals surface area (Å²) < 4.78 is 29.0. The third-order valence-corrected chi connectivity index (χ3v) is 4.46. The average Bonchev–Trinajstić information content (AvgIpc) is 2.64. The first kappa shape index (κ1) is 17.7. The summed E-state index contributed by atoms with van der Waals surface area (Å²) in [4.78, 5) is 0. The molecule has 0 unspecified atom stereocenters. The fourth-order valence-corrected chi connectivity index (χ4v) is 3.16. The molecule has 2 saturated heterocycles. The van der Waals surface area contributed by atoms with E-state index in [4.69, 9.17) is 23.7 Å². The van der Waals surface area contributed by atoms with Gasteiger partial charge in [0.2, 0.25) is 0 Å². The third-order valence-electron chi connectivity index (χ3n) is 4.46. The van der Waals surface area contributed by atoms with Crippen LogP contribution in [0.3, 0.4) is 0 Å². The standard InChI is InChI=1S/C19H28O5/c1-3-5-14-10-21-19(22-11-14)16-12-23-18(24-13-16)15-6-8-17(9-7-15)20-4-2/h6-9,14,16,18-19H,3-5,10-13H2,1-2H3. The van der Waals surface area contributed by atoms with Gasteiger partial charge in [-0.3, -0.25) is 0 Å². The van der Waals surface area contributed by atoms with Gasteiger partial charge in [0.15, 0.2) is 12.6 Å². The molecule has 5 heteroatoms. The van der Waals surface area contributed by atoms with Gasteiger partial charge in [-0.2, -0.15) is 0 Å². The maximum absolute atomic E-state index is 5.88. The van der Waals surface area contributed by atoms with Crippen LogP contribution < -0.4 is 4.74 Å². The maximum Gasteiger partial charge on any atom is 0.183 e. The second-order valence-electron chi connectivity index (χ2n) is 6.45. The molecule has 1 aromatic rings. The molecule has 2 aliphatic heterocycles. The first-order valence-corrected chi connectivity index (χ1v) is 8.99. The van der Waals surface area contributed by atoms with Crippen LogP contribution >= 0.6 is 0 Å². The van der Waals surface area contributed by atoms with Crippen molar-refractivity contribution in [3.8, 4) is 5.75 Å². The summed E-state index contributed by atoms with van der Waals surface area (Å²) in [6, 6.07) is 7.86. The Morgan fingerprint density at radius 2 is 1.58 bits per heavy atom. The summed E-state index contributed by atoms with van der Waals surface area (Å²) in [6.07, 6.45) is 1.79. The van der Waals surface area contributed by atoms with Gasteiger partial charge in [-0.15, -0.1) is 0 Å². The number of ether oxygens (including phenoxy) is 5. The normalized spacial score (nSPS) is 30.9. The summed E-state index contributed by atoms with van der Waals surface area (Å²) in [6.45, 7) is 7.55. The minimum absolute atomic E-state index is 0.131. The van der Waals surface area contributed by atoms with Crippen molar-refractivity contribution in [1.82, 2.24) is 0 Å². The molecule has 0 aromatic heterocycles. The monoisotopic (exact) mass is 336 g/mol. The zero-order chi connectivity index (χ0) is 16.8. The highest BCUT2D eigenvalue weighted by molar-refractivity contribution is 5.28. The van der Waals surface area contributed by atoms with Crippen LogP contribution in [0, 0.1) is 11.8 Å². The maximum atomic E-state index is 5.88. The molecule has 0 radical (unpaired) electrons. The molecule has 0 amide bonds. The van der Waals surface area contributed by atoms with Crippen molar-refractivity contribution >= 4 is 0 Å². The van der Waals surface area contributed by atoms with Gasteiger partial charge in [-0.1, -0.05) is 25.5 Å². The van der Waals surface area contributed by atoms with Gasteiger partial charge >= 0.3 is 0 Å². The Balaban J connectivity index is 1.45. The molecule has 0 atom stereocenters. The number of benzene rings is 1. The predicted molar refractivity (Wildman–Crippen MR) is 89.8 cm³/mol. The van der Waals surface area contributed by atoms with Crippen molar-refractivity contribution in [2.24, 2.45) is 11.8 Å². The van der Waals surface area contributed by atoms with Crippen LogP contribution in [0.1, 0.15) is 38.5 Å². The van der Waals surface area contributed by atoms with E-state index in [1.807, 2.05) is 31.2 Å². The largest absolute Gasteiger partial charge is 0.494 e. The lowest BCUT2D eigenvalue weighted by Crippen LogP contribution is -2.43. The minimum Gasteiger partial charge on any atom is -0.494 e. The highest BCUT2D eigenvalue weighted by Gasteiger charge is 2.33. The predicted octanol–water partition coefficient (Wildman–Crippen LogP) is 3.54. The molecule has 0 spiro atoms. The molecule has 2 aliphatic rings. The minimum atomic E-state index is -0.326. The molecular weight excluding hydrogens is 308 g/mol. The van der Waals surface area contributed by atoms with E-state index in [2.05, 4.69) is 6.92 Å². The van der Waals surface area contributed by atoms with E-state index in [9.17, 15) is 0 Å². The van der Waals surface area contributed by atoms with Gasteiger partial charge in [0, 0.05) is 11.5 Å². The van der Waals surface area contributed by atoms with Crippen LogP contribution in [0.15, 0.2) is 24.3 Å². The molecular formula is C19H28O5. The Labute approximate surface area is 144 Å². The van der Waals surface area contributed by atoms with Gasteiger partial charge < -0.3 is 23.7 Å². The second-order valence-corrected chi connectivity index (χ2v) is 6.45. The second kappa shape index (κ2) is 8.81. The molecule has 0 bridgehead atoms. The summed E-state index contributed by atoms with van der Waals surface area (Å²) in [5, 5.41) is 0. The number of hydrogen-bond donors (Lipinski definition) is 0. The van der Waals surface area contributed by atoms with Crippen LogP contribution in [0.4, 0.5) is 0 Å². The van der Waals surface area contributed by atoms with E-state index in [1.54, 1.807) is 0 Å². The SMILES string of the molecule is CCCC1COC(C2COC(c3ccc(OCC)cc3)OC2)OC1. The Bertz CT molecular complexity index is 473. The van der Waals surface area contributed by atoms with Gasteiger partial charge in [-0.25, -0.2) is 0 Å². The summed E-state index contributed by atoms with van der Waals surface area (Å²) in [7, 11) is 0. The summed E-state index contributed by atoms with van der Waals surface area (Å²) >= 11 is 0. The fourth-order valence-electron chi connectivity index (χ4n) is 3.16. The molecule has 134 valence electrons. The third kappa shape index (κ3) is 4.48. The van der Waals surface area contributed by atoms with Crippen LogP contribution in [-0.4, -0.2) is 39.3 Å². The molecule has 5 nitrogen and oxygen atoms in total. The summed E-state index contributed by atoms with van der Waals surface area (Å²) in [5.41, 5.74) is 1.00. The lowest BCUT2D eigenvalue weighted by Gasteiger charge is -2.37. The summed E-state index contributed by atoms with van der Waals surface area (Å²) in [5.74, 6) is 1.51. The molecule has 0 saturated carbocycles. The fraction of sp³-hybridized carbons (Fsp3) is 0.684. The van der Waals surface area contributed by atoms with Crippen molar-refractivity contribution < 1.29 is 23.7 Å². The van der Waals surface area contributed by atoms with E-state index < -0.39 is 0 Å². The highest BCUT2D eigenvalue weighted by Crippen LogP contribution is 2.30. The van der Waals surface area contributed by atoms with Crippen molar-refractivity contribution in [2.75, 3.05) is 33.0 Å². The van der Waals surface area contributed by atoms with Crippen molar-refractivity contribution in [2.45, 2.75) is 39.3 Å². The molecule has 24 heavy (non-hydrogen) atoms. The highest BCUT2D eigenvalue weighted by atomic mass is 16.7. The van der Waals surface area contributed by atoms with Crippen molar-refractivity contribution in [3.63, 3.8) is 0 Å². The Kier molecular flexibility index (Phi) is 6.49. The molecule has 3 rings (SSSR count). The zero-order valence-corrected chi connectivity index (χ0v) is 14.6. The van der Waals surface area contributed by atoms with Crippen molar-refractivity contribution in [1.29, 1.82) is 0 Å².